The molecule has 2 aliphatic heterocycles. The number of piperidine rings is 2. The van der Waals surface area contributed by atoms with Crippen molar-refractivity contribution >= 4 is 15.5 Å². The van der Waals surface area contributed by atoms with E-state index in [9.17, 15) is 12.8 Å². The molecule has 3 rings (SSSR count). The summed E-state index contributed by atoms with van der Waals surface area (Å²) in [7, 11) is -3.47. The minimum atomic E-state index is -3.47. The van der Waals surface area contributed by atoms with Crippen LogP contribution in [0, 0.1) is 17.7 Å². The molecular formula is C23H39FN2O2S. The molecule has 0 saturated carbocycles. The SMILES string of the molecule is CC.CC1CCN(CC2CCN(c3cc(F)cc(S(=O)(=O)C(C)C)c3)CC2)CC1. The zero-order valence-electron chi connectivity index (χ0n) is 18.8. The summed E-state index contributed by atoms with van der Waals surface area (Å²) in [6.45, 7) is 14.9. The molecule has 2 heterocycles. The number of hydrogen-bond acceptors (Lipinski definition) is 4. The van der Waals surface area contributed by atoms with Crippen molar-refractivity contribution in [1.29, 1.82) is 0 Å². The van der Waals surface area contributed by atoms with E-state index >= 15 is 0 Å². The Hall–Kier alpha value is -1.14. The van der Waals surface area contributed by atoms with Gasteiger partial charge in [0.1, 0.15) is 5.82 Å². The molecule has 0 bridgehead atoms. The van der Waals surface area contributed by atoms with Gasteiger partial charge < -0.3 is 9.80 Å². The number of likely N-dealkylation sites (tertiary alicyclic amines) is 1. The number of sulfone groups is 1. The van der Waals surface area contributed by atoms with Gasteiger partial charge in [0.25, 0.3) is 0 Å². The maximum atomic E-state index is 14.1. The Bertz CT molecular complexity index is 735. The molecule has 0 aromatic heterocycles. The lowest BCUT2D eigenvalue weighted by Gasteiger charge is -2.38. The van der Waals surface area contributed by atoms with E-state index in [-0.39, 0.29) is 4.90 Å². The Labute approximate surface area is 177 Å². The van der Waals surface area contributed by atoms with E-state index in [2.05, 4.69) is 16.7 Å². The van der Waals surface area contributed by atoms with Gasteiger partial charge in [-0.25, -0.2) is 12.8 Å². The fourth-order valence-electron chi connectivity index (χ4n) is 4.15. The van der Waals surface area contributed by atoms with Crippen molar-refractivity contribution in [2.24, 2.45) is 11.8 Å². The summed E-state index contributed by atoms with van der Waals surface area (Å²) >= 11 is 0. The van der Waals surface area contributed by atoms with Crippen molar-refractivity contribution in [1.82, 2.24) is 4.90 Å². The van der Waals surface area contributed by atoms with Crippen LogP contribution in [0.1, 0.15) is 60.3 Å². The second-order valence-electron chi connectivity index (χ2n) is 8.65. The van der Waals surface area contributed by atoms with Crippen LogP contribution < -0.4 is 4.90 Å². The quantitative estimate of drug-likeness (QED) is 0.666. The van der Waals surface area contributed by atoms with Crippen molar-refractivity contribution in [2.45, 2.75) is 70.4 Å². The first-order valence-corrected chi connectivity index (χ1v) is 12.8. The predicted molar refractivity (Wildman–Crippen MR) is 120 cm³/mol. The van der Waals surface area contributed by atoms with E-state index in [0.29, 0.717) is 11.6 Å². The lowest BCUT2D eigenvalue weighted by molar-refractivity contribution is 0.157. The van der Waals surface area contributed by atoms with Gasteiger partial charge in [-0.1, -0.05) is 20.8 Å². The van der Waals surface area contributed by atoms with Gasteiger partial charge in [0, 0.05) is 25.3 Å². The topological polar surface area (TPSA) is 40.6 Å². The highest BCUT2D eigenvalue weighted by Gasteiger charge is 2.26. The normalized spacial score (nSPS) is 19.9. The Kier molecular flexibility index (Phi) is 8.95. The maximum Gasteiger partial charge on any atom is 0.180 e. The van der Waals surface area contributed by atoms with Crippen molar-refractivity contribution in [2.75, 3.05) is 37.6 Å². The molecule has 0 amide bonds. The van der Waals surface area contributed by atoms with Crippen molar-refractivity contribution in [3.8, 4) is 0 Å². The van der Waals surface area contributed by atoms with Gasteiger partial charge in [0.15, 0.2) is 9.84 Å². The van der Waals surface area contributed by atoms with Crippen LogP contribution in [0.15, 0.2) is 23.1 Å². The van der Waals surface area contributed by atoms with E-state index < -0.39 is 20.9 Å². The number of benzene rings is 1. The molecular weight excluding hydrogens is 387 g/mol. The van der Waals surface area contributed by atoms with Gasteiger partial charge in [0.2, 0.25) is 0 Å². The Morgan fingerprint density at radius 1 is 1.00 bits per heavy atom. The molecule has 0 atom stereocenters. The molecule has 29 heavy (non-hydrogen) atoms. The van der Waals surface area contributed by atoms with Crippen LogP contribution in [0.5, 0.6) is 0 Å². The summed E-state index contributed by atoms with van der Waals surface area (Å²) in [5, 5.41) is -0.551. The first-order chi connectivity index (χ1) is 13.8. The van der Waals surface area contributed by atoms with Gasteiger partial charge >= 0.3 is 0 Å². The summed E-state index contributed by atoms with van der Waals surface area (Å²) in [5.74, 6) is 1.06. The molecule has 0 radical (unpaired) electrons. The van der Waals surface area contributed by atoms with E-state index in [1.54, 1.807) is 19.9 Å². The van der Waals surface area contributed by atoms with Gasteiger partial charge in [-0.15, -0.1) is 0 Å². The van der Waals surface area contributed by atoms with Gasteiger partial charge in [-0.3, -0.25) is 0 Å². The number of halogens is 1. The highest BCUT2D eigenvalue weighted by molar-refractivity contribution is 7.92. The van der Waals surface area contributed by atoms with Crippen LogP contribution in [0.4, 0.5) is 10.1 Å². The predicted octanol–water partition coefficient (Wildman–Crippen LogP) is 4.98. The largest absolute Gasteiger partial charge is 0.371 e. The zero-order valence-corrected chi connectivity index (χ0v) is 19.6. The molecule has 4 nitrogen and oxygen atoms in total. The second kappa shape index (κ2) is 10.8. The van der Waals surface area contributed by atoms with E-state index in [1.165, 1.54) is 32.0 Å². The molecule has 0 N–H and O–H groups in total. The number of anilines is 1. The fraction of sp³-hybridized carbons (Fsp3) is 0.739. The third-order valence-electron chi connectivity index (χ3n) is 6.18. The maximum absolute atomic E-state index is 14.1. The van der Waals surface area contributed by atoms with Crippen LogP contribution in [-0.4, -0.2) is 51.3 Å². The molecule has 1 aromatic carbocycles. The average Bonchev–Trinajstić information content (AvgIpc) is 2.71. The second-order valence-corrected chi connectivity index (χ2v) is 11.2. The smallest absolute Gasteiger partial charge is 0.180 e. The standard InChI is InChI=1S/C21H33FN2O2S.C2H6/c1-16(2)27(25,26)21-13-19(22)12-20(14-21)24-10-6-18(7-11-24)15-23-8-4-17(3)5-9-23;1-2/h12-14,16-18H,4-11,15H2,1-3H3;1-2H3. The van der Waals surface area contributed by atoms with Crippen LogP contribution in [0.2, 0.25) is 0 Å². The van der Waals surface area contributed by atoms with Crippen molar-refractivity contribution < 1.29 is 12.8 Å². The summed E-state index contributed by atoms with van der Waals surface area (Å²) < 4.78 is 38.9. The van der Waals surface area contributed by atoms with Gasteiger partial charge in [-0.2, -0.15) is 0 Å². The highest BCUT2D eigenvalue weighted by atomic mass is 32.2. The summed E-state index contributed by atoms with van der Waals surface area (Å²) in [6.07, 6.45) is 4.76. The molecule has 0 aliphatic carbocycles. The van der Waals surface area contributed by atoms with Crippen LogP contribution in [0.3, 0.4) is 0 Å². The van der Waals surface area contributed by atoms with Gasteiger partial charge in [-0.05, 0) is 82.7 Å². The molecule has 2 saturated heterocycles. The van der Waals surface area contributed by atoms with E-state index in [0.717, 1.165) is 44.5 Å². The molecule has 0 spiro atoms. The lowest BCUT2D eigenvalue weighted by atomic mass is 9.93. The number of rotatable bonds is 5. The van der Waals surface area contributed by atoms with Crippen LogP contribution in [-0.2, 0) is 9.84 Å². The van der Waals surface area contributed by atoms with E-state index in [1.807, 2.05) is 13.8 Å². The third-order valence-corrected chi connectivity index (χ3v) is 8.31. The Balaban J connectivity index is 0.00000145. The minimum absolute atomic E-state index is 0.0945. The summed E-state index contributed by atoms with van der Waals surface area (Å²) in [6, 6.07) is 4.25. The minimum Gasteiger partial charge on any atom is -0.371 e. The first kappa shape index (κ1) is 24.1. The van der Waals surface area contributed by atoms with Crippen molar-refractivity contribution in [3.63, 3.8) is 0 Å². The molecule has 2 aliphatic rings. The fourth-order valence-corrected chi connectivity index (χ4v) is 5.26. The summed E-state index contributed by atoms with van der Waals surface area (Å²) in [5.41, 5.74) is 0.694. The van der Waals surface area contributed by atoms with E-state index in [4.69, 9.17) is 0 Å². The molecule has 0 unspecified atom stereocenters. The molecule has 1 aromatic rings. The van der Waals surface area contributed by atoms with Crippen LogP contribution in [0.25, 0.3) is 0 Å². The Morgan fingerprint density at radius 2 is 1.59 bits per heavy atom. The average molecular weight is 427 g/mol. The molecule has 166 valence electrons. The van der Waals surface area contributed by atoms with Gasteiger partial charge in [0.05, 0.1) is 10.1 Å². The molecule has 2 fully saturated rings. The lowest BCUT2D eigenvalue weighted by Crippen LogP contribution is -2.41. The third kappa shape index (κ3) is 6.42. The first-order valence-electron chi connectivity index (χ1n) is 11.3. The van der Waals surface area contributed by atoms with Crippen LogP contribution >= 0.6 is 0 Å². The highest BCUT2D eigenvalue weighted by Crippen LogP contribution is 2.29. The molecule has 6 heteroatoms. The summed E-state index contributed by atoms with van der Waals surface area (Å²) in [4.78, 5) is 4.82. The Morgan fingerprint density at radius 3 is 2.14 bits per heavy atom. The van der Waals surface area contributed by atoms with Crippen molar-refractivity contribution in [3.05, 3.63) is 24.0 Å². The number of nitrogens with zero attached hydrogens (tertiary/aromatic N) is 2. The zero-order chi connectivity index (χ0) is 21.6. The monoisotopic (exact) mass is 426 g/mol. The number of hydrogen-bond donors (Lipinski definition) is 0.